The lowest BCUT2D eigenvalue weighted by Crippen LogP contribution is -2.29. The molecule has 1 atom stereocenters. The maximum absolute atomic E-state index is 11.8. The predicted octanol–water partition coefficient (Wildman–Crippen LogP) is 4.14. The number of rotatable bonds is 2. The number of ketones is 1. The molecule has 0 saturated heterocycles. The average molecular weight is 266 g/mol. The highest BCUT2D eigenvalue weighted by molar-refractivity contribution is 5.98. The first-order chi connectivity index (χ1) is 9.57. The summed E-state index contributed by atoms with van der Waals surface area (Å²) >= 11 is 0. The van der Waals surface area contributed by atoms with Crippen LogP contribution in [0.3, 0.4) is 0 Å². The molecule has 3 rings (SSSR count). The minimum absolute atomic E-state index is 0.181. The first-order valence-electron chi connectivity index (χ1n) is 6.40. The molecule has 0 saturated carbocycles. The molecule has 2 aromatic rings. The Kier molecular flexibility index (Phi) is 2.86. The van der Waals surface area contributed by atoms with E-state index in [1.165, 1.54) is 6.08 Å². The van der Waals surface area contributed by atoms with E-state index in [0.717, 1.165) is 10.8 Å². The highest BCUT2D eigenvalue weighted by atomic mass is 16.5. The molecule has 0 amide bonds. The lowest BCUT2D eigenvalue weighted by molar-refractivity contribution is -0.128. The molecule has 1 unspecified atom stereocenters. The Morgan fingerprint density at radius 1 is 1.10 bits per heavy atom. The zero-order valence-electron chi connectivity index (χ0n) is 11.3. The molecular formula is C16H14N2O2. The number of carbonyl (C=O) groups is 1. The molecule has 20 heavy (non-hydrogen) atoms. The summed E-state index contributed by atoms with van der Waals surface area (Å²) in [6.07, 6.45) is 1.44. The third kappa shape index (κ3) is 2.20. The largest absolute Gasteiger partial charge is 0.462 e. The van der Waals surface area contributed by atoms with Gasteiger partial charge in [-0.2, -0.15) is 5.11 Å². The van der Waals surface area contributed by atoms with Crippen molar-refractivity contribution >= 4 is 22.2 Å². The summed E-state index contributed by atoms with van der Waals surface area (Å²) in [6, 6.07) is 13.8. The number of fused-ring (bicyclic) bond motifs is 1. The van der Waals surface area contributed by atoms with E-state index in [9.17, 15) is 4.79 Å². The highest BCUT2D eigenvalue weighted by Crippen LogP contribution is 2.28. The highest BCUT2D eigenvalue weighted by Gasteiger charge is 2.39. The van der Waals surface area contributed by atoms with Gasteiger partial charge in [0, 0.05) is 13.0 Å². The summed E-state index contributed by atoms with van der Waals surface area (Å²) < 4.78 is 5.42. The topological polar surface area (TPSA) is 51.0 Å². The number of hydrogen-bond acceptors (Lipinski definition) is 4. The van der Waals surface area contributed by atoms with E-state index in [1.54, 1.807) is 13.8 Å². The fourth-order valence-electron chi connectivity index (χ4n) is 2.17. The molecule has 0 aromatic heterocycles. The molecular weight excluding hydrogens is 252 g/mol. The van der Waals surface area contributed by atoms with Gasteiger partial charge in [0.05, 0.1) is 5.69 Å². The van der Waals surface area contributed by atoms with E-state index < -0.39 is 5.72 Å². The van der Waals surface area contributed by atoms with Crippen molar-refractivity contribution in [2.75, 3.05) is 0 Å². The van der Waals surface area contributed by atoms with E-state index in [4.69, 9.17) is 4.74 Å². The van der Waals surface area contributed by atoms with Crippen molar-refractivity contribution in [2.45, 2.75) is 19.6 Å². The molecule has 2 aromatic carbocycles. The van der Waals surface area contributed by atoms with Crippen LogP contribution >= 0.6 is 0 Å². The summed E-state index contributed by atoms with van der Waals surface area (Å²) in [7, 11) is 0. The second kappa shape index (κ2) is 4.56. The second-order valence-corrected chi connectivity index (χ2v) is 4.94. The summed E-state index contributed by atoms with van der Waals surface area (Å²) in [4.78, 5) is 11.8. The Bertz CT molecular complexity index is 749. The predicted molar refractivity (Wildman–Crippen MR) is 76.7 cm³/mol. The number of ether oxygens (including phenoxy) is 1. The van der Waals surface area contributed by atoms with Crippen molar-refractivity contribution < 1.29 is 9.53 Å². The number of nitrogens with zero attached hydrogens (tertiary/aromatic N) is 2. The van der Waals surface area contributed by atoms with Gasteiger partial charge >= 0.3 is 0 Å². The third-order valence-corrected chi connectivity index (χ3v) is 3.24. The quantitative estimate of drug-likeness (QED) is 0.767. The molecule has 1 aliphatic heterocycles. The minimum atomic E-state index is -1.23. The van der Waals surface area contributed by atoms with Gasteiger partial charge in [0.1, 0.15) is 5.76 Å². The molecule has 4 nitrogen and oxygen atoms in total. The van der Waals surface area contributed by atoms with Crippen LogP contribution in [0.5, 0.6) is 0 Å². The third-order valence-electron chi connectivity index (χ3n) is 3.24. The van der Waals surface area contributed by atoms with Crippen molar-refractivity contribution in [3.63, 3.8) is 0 Å². The molecule has 0 bridgehead atoms. The molecule has 0 fully saturated rings. The fraction of sp³-hybridized carbons (Fsp3) is 0.188. The Balaban J connectivity index is 1.90. The van der Waals surface area contributed by atoms with Gasteiger partial charge in [-0.1, -0.05) is 30.3 Å². The van der Waals surface area contributed by atoms with E-state index in [1.807, 2.05) is 42.5 Å². The van der Waals surface area contributed by atoms with Crippen molar-refractivity contribution in [2.24, 2.45) is 10.2 Å². The average Bonchev–Trinajstić information content (AvgIpc) is 2.70. The van der Waals surface area contributed by atoms with E-state index in [2.05, 4.69) is 10.2 Å². The van der Waals surface area contributed by atoms with Gasteiger partial charge in [-0.05, 0) is 29.8 Å². The van der Waals surface area contributed by atoms with Crippen LogP contribution in [0.25, 0.3) is 10.8 Å². The molecule has 1 heterocycles. The Morgan fingerprint density at radius 3 is 2.55 bits per heavy atom. The zero-order chi connectivity index (χ0) is 14.2. The maximum atomic E-state index is 11.8. The van der Waals surface area contributed by atoms with E-state index >= 15 is 0 Å². The van der Waals surface area contributed by atoms with Gasteiger partial charge in [-0.3, -0.25) is 4.79 Å². The molecule has 0 aliphatic carbocycles. The van der Waals surface area contributed by atoms with Crippen molar-refractivity contribution in [3.05, 3.63) is 54.3 Å². The van der Waals surface area contributed by atoms with Crippen LogP contribution in [0, 0.1) is 0 Å². The molecule has 0 spiro atoms. The first kappa shape index (κ1) is 12.5. The van der Waals surface area contributed by atoms with E-state index in [-0.39, 0.29) is 5.78 Å². The van der Waals surface area contributed by atoms with Crippen LogP contribution in [-0.2, 0) is 9.53 Å². The van der Waals surface area contributed by atoms with Crippen LogP contribution in [0.2, 0.25) is 0 Å². The zero-order valence-corrected chi connectivity index (χ0v) is 11.3. The minimum Gasteiger partial charge on any atom is -0.462 e. The summed E-state index contributed by atoms with van der Waals surface area (Å²) in [5, 5.41) is 10.4. The number of allylic oxidation sites excluding steroid dienone is 1. The monoisotopic (exact) mass is 266 g/mol. The molecule has 0 radical (unpaired) electrons. The standard InChI is InChI=1S/C16H14N2O2/c1-11-9-15(19)16(2,20-11)18-17-14-8-7-12-5-3-4-6-13(12)10-14/h3-10H,1-2H3/b18-17+. The Hall–Kier alpha value is -2.49. The first-order valence-corrected chi connectivity index (χ1v) is 6.40. The molecule has 1 aliphatic rings. The van der Waals surface area contributed by atoms with Crippen LogP contribution in [0.15, 0.2) is 64.5 Å². The fourth-order valence-corrected chi connectivity index (χ4v) is 2.17. The van der Waals surface area contributed by atoms with Gasteiger partial charge < -0.3 is 4.74 Å². The summed E-state index contributed by atoms with van der Waals surface area (Å²) in [6.45, 7) is 3.35. The number of hydrogen-bond donors (Lipinski definition) is 0. The van der Waals surface area contributed by atoms with Gasteiger partial charge in [0.25, 0.3) is 5.72 Å². The number of carbonyl (C=O) groups excluding carboxylic acids is 1. The van der Waals surface area contributed by atoms with Crippen molar-refractivity contribution in [1.82, 2.24) is 0 Å². The van der Waals surface area contributed by atoms with Crippen LogP contribution in [-0.4, -0.2) is 11.5 Å². The van der Waals surface area contributed by atoms with Gasteiger partial charge in [0.15, 0.2) is 0 Å². The summed E-state index contributed by atoms with van der Waals surface area (Å²) in [5.74, 6) is 0.384. The van der Waals surface area contributed by atoms with Gasteiger partial charge in [0.2, 0.25) is 5.78 Å². The Morgan fingerprint density at radius 2 is 1.85 bits per heavy atom. The van der Waals surface area contributed by atoms with Gasteiger partial charge in [-0.25, -0.2) is 0 Å². The lowest BCUT2D eigenvalue weighted by Gasteiger charge is -2.16. The smallest absolute Gasteiger partial charge is 0.278 e. The van der Waals surface area contributed by atoms with Crippen LogP contribution in [0.4, 0.5) is 5.69 Å². The van der Waals surface area contributed by atoms with Crippen LogP contribution in [0.1, 0.15) is 13.8 Å². The van der Waals surface area contributed by atoms with Crippen LogP contribution < -0.4 is 0 Å². The summed E-state index contributed by atoms with van der Waals surface area (Å²) in [5.41, 5.74) is -0.527. The Labute approximate surface area is 116 Å². The maximum Gasteiger partial charge on any atom is 0.278 e. The number of benzene rings is 2. The van der Waals surface area contributed by atoms with Crippen molar-refractivity contribution in [3.8, 4) is 0 Å². The lowest BCUT2D eigenvalue weighted by atomic mass is 10.1. The molecule has 4 heteroatoms. The normalized spacial score (nSPS) is 22.3. The SMILES string of the molecule is CC1=CC(=O)C(C)(/N=N/c2ccc3ccccc3c2)O1. The van der Waals surface area contributed by atoms with E-state index in [0.29, 0.717) is 11.4 Å². The molecule has 0 N–H and O–H groups in total. The molecule has 100 valence electrons. The van der Waals surface area contributed by atoms with Gasteiger partial charge in [-0.15, -0.1) is 5.11 Å². The number of azo groups is 1. The van der Waals surface area contributed by atoms with Crippen molar-refractivity contribution in [1.29, 1.82) is 0 Å². The second-order valence-electron chi connectivity index (χ2n) is 4.94.